The molecule has 2 aliphatic rings. The molecule has 5 heteroatoms. The Labute approximate surface area is 162 Å². The van der Waals surface area contributed by atoms with Gasteiger partial charge >= 0.3 is 5.97 Å². The topological polar surface area (TPSA) is 94.8 Å². The van der Waals surface area contributed by atoms with Gasteiger partial charge in [0.25, 0.3) is 0 Å². The molecule has 0 amide bonds. The SMILES string of the molecule is CCCC[C@@H](C)[C@H](O)C=C[C@H]1[C@H](O)CC(=O)[C@@H]1CCCC[C@@H]1C[C@H]1C(=O)O. The number of Topliss-reactive ketones (excluding diaryl/α,β-unsaturated/α-hetero) is 1. The Hall–Kier alpha value is -1.20. The highest BCUT2D eigenvalue weighted by atomic mass is 16.4. The summed E-state index contributed by atoms with van der Waals surface area (Å²) in [5.41, 5.74) is 0. The van der Waals surface area contributed by atoms with Crippen molar-refractivity contribution in [2.45, 2.75) is 83.8 Å². The van der Waals surface area contributed by atoms with Crippen LogP contribution in [0.15, 0.2) is 12.2 Å². The first-order valence-electron chi connectivity index (χ1n) is 10.6. The van der Waals surface area contributed by atoms with Crippen LogP contribution in [0.2, 0.25) is 0 Å². The van der Waals surface area contributed by atoms with E-state index >= 15 is 0 Å². The van der Waals surface area contributed by atoms with Crippen LogP contribution in [-0.4, -0.2) is 39.3 Å². The zero-order valence-corrected chi connectivity index (χ0v) is 16.7. The van der Waals surface area contributed by atoms with Crippen molar-refractivity contribution in [3.63, 3.8) is 0 Å². The molecular weight excluding hydrogens is 344 g/mol. The minimum absolute atomic E-state index is 0.112. The van der Waals surface area contributed by atoms with Crippen molar-refractivity contribution in [3.8, 4) is 0 Å². The molecule has 7 atom stereocenters. The maximum absolute atomic E-state index is 12.3. The summed E-state index contributed by atoms with van der Waals surface area (Å²) in [4.78, 5) is 23.1. The van der Waals surface area contributed by atoms with Crippen LogP contribution in [0.1, 0.15) is 71.6 Å². The quantitative estimate of drug-likeness (QED) is 0.355. The molecule has 0 aliphatic heterocycles. The van der Waals surface area contributed by atoms with Gasteiger partial charge in [-0.05, 0) is 37.5 Å². The summed E-state index contributed by atoms with van der Waals surface area (Å²) in [6, 6.07) is 0. The number of ketones is 1. The molecule has 0 aromatic heterocycles. The molecule has 0 unspecified atom stereocenters. The molecule has 27 heavy (non-hydrogen) atoms. The molecule has 0 heterocycles. The van der Waals surface area contributed by atoms with Crippen LogP contribution in [0.4, 0.5) is 0 Å². The molecule has 3 N–H and O–H groups in total. The second-order valence-corrected chi connectivity index (χ2v) is 8.64. The number of aliphatic hydroxyl groups is 2. The molecule has 0 spiro atoms. The summed E-state index contributed by atoms with van der Waals surface area (Å²) < 4.78 is 0. The number of hydrogen-bond acceptors (Lipinski definition) is 4. The number of carbonyl (C=O) groups is 2. The Morgan fingerprint density at radius 3 is 2.59 bits per heavy atom. The van der Waals surface area contributed by atoms with Crippen LogP contribution in [0.5, 0.6) is 0 Å². The molecule has 2 aliphatic carbocycles. The van der Waals surface area contributed by atoms with Crippen LogP contribution in [0.25, 0.3) is 0 Å². The molecule has 0 saturated heterocycles. The lowest BCUT2D eigenvalue weighted by molar-refractivity contribution is -0.138. The van der Waals surface area contributed by atoms with E-state index in [1.807, 2.05) is 13.0 Å². The van der Waals surface area contributed by atoms with Crippen LogP contribution >= 0.6 is 0 Å². The van der Waals surface area contributed by atoms with E-state index in [-0.39, 0.29) is 35.9 Å². The third-order valence-corrected chi connectivity index (χ3v) is 6.44. The second-order valence-electron chi connectivity index (χ2n) is 8.64. The molecule has 2 fully saturated rings. The molecule has 0 aromatic carbocycles. The number of hydrogen-bond donors (Lipinski definition) is 3. The Morgan fingerprint density at radius 2 is 1.96 bits per heavy atom. The Bertz CT molecular complexity index is 529. The zero-order chi connectivity index (χ0) is 20.0. The highest BCUT2D eigenvalue weighted by molar-refractivity contribution is 5.84. The van der Waals surface area contributed by atoms with Crippen molar-refractivity contribution in [2.75, 3.05) is 0 Å². The highest BCUT2D eigenvalue weighted by Crippen LogP contribution is 2.43. The minimum atomic E-state index is -0.689. The third-order valence-electron chi connectivity index (χ3n) is 6.44. The fourth-order valence-electron chi connectivity index (χ4n) is 4.36. The predicted molar refractivity (Wildman–Crippen MR) is 104 cm³/mol. The third kappa shape index (κ3) is 6.42. The first-order valence-corrected chi connectivity index (χ1v) is 10.6. The number of carboxylic acid groups (broad SMARTS) is 1. The average molecular weight is 381 g/mol. The van der Waals surface area contributed by atoms with Crippen LogP contribution < -0.4 is 0 Å². The molecule has 0 aromatic rings. The molecule has 0 bridgehead atoms. The van der Waals surface area contributed by atoms with Gasteiger partial charge in [0.1, 0.15) is 5.78 Å². The number of rotatable bonds is 12. The van der Waals surface area contributed by atoms with Gasteiger partial charge in [-0.25, -0.2) is 0 Å². The lowest BCUT2D eigenvalue weighted by Crippen LogP contribution is -2.20. The summed E-state index contributed by atoms with van der Waals surface area (Å²) in [7, 11) is 0. The lowest BCUT2D eigenvalue weighted by Gasteiger charge is -2.19. The summed E-state index contributed by atoms with van der Waals surface area (Å²) in [6.45, 7) is 4.16. The van der Waals surface area contributed by atoms with Crippen LogP contribution in [0.3, 0.4) is 0 Å². The fraction of sp³-hybridized carbons (Fsp3) is 0.818. The molecule has 0 radical (unpaired) electrons. The maximum atomic E-state index is 12.3. The van der Waals surface area contributed by atoms with E-state index in [9.17, 15) is 19.8 Å². The molecule has 2 saturated carbocycles. The van der Waals surface area contributed by atoms with Gasteiger partial charge in [-0.1, -0.05) is 51.7 Å². The van der Waals surface area contributed by atoms with Gasteiger partial charge in [0.2, 0.25) is 0 Å². The summed E-state index contributed by atoms with van der Waals surface area (Å²) >= 11 is 0. The van der Waals surface area contributed by atoms with E-state index in [1.54, 1.807) is 6.08 Å². The van der Waals surface area contributed by atoms with Gasteiger partial charge in [0.15, 0.2) is 0 Å². The normalized spacial score (nSPS) is 32.7. The molecule has 154 valence electrons. The van der Waals surface area contributed by atoms with E-state index in [0.717, 1.165) is 51.4 Å². The van der Waals surface area contributed by atoms with E-state index in [2.05, 4.69) is 6.92 Å². The van der Waals surface area contributed by atoms with E-state index < -0.39 is 18.2 Å². The van der Waals surface area contributed by atoms with Crippen LogP contribution in [-0.2, 0) is 9.59 Å². The van der Waals surface area contributed by atoms with Crippen molar-refractivity contribution in [1.29, 1.82) is 0 Å². The van der Waals surface area contributed by atoms with Crippen molar-refractivity contribution in [2.24, 2.45) is 29.6 Å². The van der Waals surface area contributed by atoms with Gasteiger partial charge < -0.3 is 15.3 Å². The Balaban J connectivity index is 1.78. The summed E-state index contributed by atoms with van der Waals surface area (Å²) in [5.74, 6) is -0.641. The smallest absolute Gasteiger partial charge is 0.306 e. The fourth-order valence-corrected chi connectivity index (χ4v) is 4.36. The van der Waals surface area contributed by atoms with Crippen molar-refractivity contribution in [1.82, 2.24) is 0 Å². The van der Waals surface area contributed by atoms with E-state index in [1.165, 1.54) is 0 Å². The number of unbranched alkanes of at least 4 members (excludes halogenated alkanes) is 2. The Kier molecular flexibility index (Phi) is 8.49. The second kappa shape index (κ2) is 10.4. The average Bonchev–Trinajstić information content (AvgIpc) is 3.35. The number of aliphatic carboxylic acids is 1. The first-order chi connectivity index (χ1) is 12.8. The van der Waals surface area contributed by atoms with Crippen LogP contribution in [0, 0.1) is 29.6 Å². The number of aliphatic hydroxyl groups excluding tert-OH is 2. The maximum Gasteiger partial charge on any atom is 0.306 e. The summed E-state index contributed by atoms with van der Waals surface area (Å²) in [5, 5.41) is 29.5. The highest BCUT2D eigenvalue weighted by Gasteiger charge is 2.43. The zero-order valence-electron chi connectivity index (χ0n) is 16.7. The lowest BCUT2D eigenvalue weighted by atomic mass is 9.87. The Morgan fingerprint density at radius 1 is 1.26 bits per heavy atom. The van der Waals surface area contributed by atoms with Crippen molar-refractivity contribution in [3.05, 3.63) is 12.2 Å². The van der Waals surface area contributed by atoms with Gasteiger partial charge in [-0.2, -0.15) is 0 Å². The largest absolute Gasteiger partial charge is 0.481 e. The molecule has 2 rings (SSSR count). The van der Waals surface area contributed by atoms with Gasteiger partial charge in [-0.15, -0.1) is 0 Å². The minimum Gasteiger partial charge on any atom is -0.481 e. The van der Waals surface area contributed by atoms with Gasteiger partial charge in [0, 0.05) is 18.3 Å². The van der Waals surface area contributed by atoms with E-state index in [4.69, 9.17) is 5.11 Å². The number of carboxylic acids is 1. The van der Waals surface area contributed by atoms with Gasteiger partial charge in [0.05, 0.1) is 18.1 Å². The van der Waals surface area contributed by atoms with Crippen molar-refractivity contribution < 1.29 is 24.9 Å². The first kappa shape index (κ1) is 22.1. The monoisotopic (exact) mass is 380 g/mol. The van der Waals surface area contributed by atoms with E-state index in [0.29, 0.717) is 5.92 Å². The van der Waals surface area contributed by atoms with Crippen molar-refractivity contribution >= 4 is 11.8 Å². The standard InChI is InChI=1S/C22H36O5/c1-3-4-7-14(2)19(23)11-10-17-16(20(24)13-21(17)25)9-6-5-8-15-12-18(15)22(26)27/h10-11,14-19,21,23,25H,3-9,12-13H2,1-2H3,(H,26,27)/t14-,15-,16-,17-,18-,19-,21-/m1/s1. The molecular formula is C22H36O5. The predicted octanol–water partition coefficient (Wildman–Crippen LogP) is 3.58. The van der Waals surface area contributed by atoms with Gasteiger partial charge in [-0.3, -0.25) is 9.59 Å². The molecule has 5 nitrogen and oxygen atoms in total. The number of carbonyl (C=O) groups excluding carboxylic acids is 1. The summed E-state index contributed by atoms with van der Waals surface area (Å²) in [6.07, 6.45) is 10.0.